The third-order valence-electron chi connectivity index (χ3n) is 6.22. The zero-order valence-electron chi connectivity index (χ0n) is 12.8. The highest BCUT2D eigenvalue weighted by Crippen LogP contribution is 2.66. The van der Waals surface area contributed by atoms with E-state index in [2.05, 4.69) is 20.8 Å². The number of hydrogen-bond acceptors (Lipinski definition) is 3. The lowest BCUT2D eigenvalue weighted by atomic mass is 9.70. The summed E-state index contributed by atoms with van der Waals surface area (Å²) in [6, 6.07) is 4.85. The lowest BCUT2D eigenvalue weighted by Gasteiger charge is -2.39. The molecule has 2 fully saturated rings. The van der Waals surface area contributed by atoms with E-state index in [1.165, 1.54) is 12.5 Å². The Morgan fingerprint density at radius 3 is 2.62 bits per heavy atom. The molecule has 2 aliphatic carbocycles. The first-order valence-electron chi connectivity index (χ1n) is 7.55. The molecule has 21 heavy (non-hydrogen) atoms. The number of hydrogen-bond donors (Lipinski definition) is 2. The number of carboxylic acid groups (broad SMARTS) is 1. The molecular formula is C17H23NO3. The molecule has 0 heterocycles. The number of carbonyl (C=O) groups is 1. The molecule has 1 aromatic carbocycles. The van der Waals surface area contributed by atoms with E-state index in [0.29, 0.717) is 17.4 Å². The molecule has 3 unspecified atom stereocenters. The number of ether oxygens (including phenoxy) is 1. The highest BCUT2D eigenvalue weighted by Gasteiger charge is 2.62. The first-order valence-corrected chi connectivity index (χ1v) is 7.55. The number of anilines is 1. The zero-order chi connectivity index (χ0) is 15.4. The molecule has 114 valence electrons. The molecule has 0 saturated heterocycles. The molecule has 2 aliphatic rings. The summed E-state index contributed by atoms with van der Waals surface area (Å²) >= 11 is 0. The number of nitrogens with two attached hydrogens (primary N) is 1. The zero-order valence-corrected chi connectivity index (χ0v) is 12.8. The smallest absolute Gasteiger partial charge is 0.339 e. The number of aromatic carboxylic acids is 1. The summed E-state index contributed by atoms with van der Waals surface area (Å²) < 4.78 is 6.16. The Kier molecular flexibility index (Phi) is 2.98. The van der Waals surface area contributed by atoms with E-state index in [0.717, 1.165) is 12.8 Å². The molecule has 0 spiro atoms. The van der Waals surface area contributed by atoms with Crippen LogP contribution in [-0.4, -0.2) is 17.2 Å². The van der Waals surface area contributed by atoms with Crippen molar-refractivity contribution < 1.29 is 14.6 Å². The van der Waals surface area contributed by atoms with E-state index in [1.54, 1.807) is 12.1 Å². The minimum Gasteiger partial charge on any atom is -0.489 e. The van der Waals surface area contributed by atoms with E-state index in [-0.39, 0.29) is 22.5 Å². The van der Waals surface area contributed by atoms with Gasteiger partial charge in [0, 0.05) is 11.1 Å². The minimum atomic E-state index is -0.995. The van der Waals surface area contributed by atoms with Crippen molar-refractivity contribution in [1.82, 2.24) is 0 Å². The summed E-state index contributed by atoms with van der Waals surface area (Å²) in [5.41, 5.74) is 6.63. The number of benzene rings is 1. The third-order valence-corrected chi connectivity index (χ3v) is 6.22. The first kappa shape index (κ1) is 14.2. The molecule has 3 rings (SSSR count). The Balaban J connectivity index is 1.91. The topological polar surface area (TPSA) is 72.5 Å². The van der Waals surface area contributed by atoms with Crippen molar-refractivity contribution >= 4 is 11.7 Å². The van der Waals surface area contributed by atoms with Crippen LogP contribution in [0.4, 0.5) is 5.69 Å². The maximum atomic E-state index is 11.4. The lowest BCUT2D eigenvalue weighted by molar-refractivity contribution is 0.0288. The van der Waals surface area contributed by atoms with E-state index in [1.807, 2.05) is 0 Å². The summed E-state index contributed by atoms with van der Waals surface area (Å²) in [6.07, 6.45) is 3.48. The van der Waals surface area contributed by atoms with Gasteiger partial charge in [-0.2, -0.15) is 0 Å². The Labute approximate surface area is 125 Å². The summed E-state index contributed by atoms with van der Waals surface area (Å²) in [7, 11) is 0. The maximum Gasteiger partial charge on any atom is 0.339 e. The molecule has 0 radical (unpaired) electrons. The summed E-state index contributed by atoms with van der Waals surface area (Å²) in [4.78, 5) is 11.4. The number of nitrogen functional groups attached to an aromatic ring is 1. The predicted molar refractivity (Wildman–Crippen MR) is 81.5 cm³/mol. The van der Waals surface area contributed by atoms with Crippen molar-refractivity contribution in [3.63, 3.8) is 0 Å². The lowest BCUT2D eigenvalue weighted by Crippen LogP contribution is -2.39. The van der Waals surface area contributed by atoms with Crippen molar-refractivity contribution in [2.24, 2.45) is 16.7 Å². The second-order valence-electron chi connectivity index (χ2n) is 7.28. The average molecular weight is 289 g/mol. The monoisotopic (exact) mass is 289 g/mol. The van der Waals surface area contributed by atoms with Gasteiger partial charge in [-0.3, -0.25) is 0 Å². The van der Waals surface area contributed by atoms with Crippen LogP contribution in [0.2, 0.25) is 0 Å². The Morgan fingerprint density at radius 2 is 2.10 bits per heavy atom. The van der Waals surface area contributed by atoms with Crippen molar-refractivity contribution in [3.8, 4) is 5.75 Å². The van der Waals surface area contributed by atoms with Gasteiger partial charge in [-0.05, 0) is 48.8 Å². The molecular weight excluding hydrogens is 266 g/mol. The van der Waals surface area contributed by atoms with E-state index < -0.39 is 5.97 Å². The van der Waals surface area contributed by atoms with Crippen LogP contribution in [0.3, 0.4) is 0 Å². The molecule has 2 saturated carbocycles. The van der Waals surface area contributed by atoms with Gasteiger partial charge < -0.3 is 15.6 Å². The van der Waals surface area contributed by atoms with E-state index in [4.69, 9.17) is 10.5 Å². The summed E-state index contributed by atoms with van der Waals surface area (Å²) in [5.74, 6) is 0.103. The molecule has 4 heteroatoms. The molecule has 3 atom stereocenters. The van der Waals surface area contributed by atoms with Crippen LogP contribution in [0.5, 0.6) is 5.75 Å². The fraction of sp³-hybridized carbons (Fsp3) is 0.588. The van der Waals surface area contributed by atoms with Gasteiger partial charge >= 0.3 is 5.97 Å². The van der Waals surface area contributed by atoms with Crippen LogP contribution >= 0.6 is 0 Å². The number of rotatable bonds is 3. The summed E-state index contributed by atoms with van der Waals surface area (Å²) in [6.45, 7) is 6.91. The highest BCUT2D eigenvalue weighted by atomic mass is 16.5. The van der Waals surface area contributed by atoms with Crippen LogP contribution in [0, 0.1) is 16.7 Å². The van der Waals surface area contributed by atoms with Crippen molar-refractivity contribution in [2.45, 2.75) is 46.1 Å². The second-order valence-corrected chi connectivity index (χ2v) is 7.28. The standard InChI is InChI=1S/C17H23NO3/c1-16(2)10-6-7-17(16,3)14(8-10)21-13-5-4-11(18)9-12(13)15(19)20/h4-5,9-10,14H,6-8,18H2,1-3H3,(H,19,20). The quantitative estimate of drug-likeness (QED) is 0.834. The highest BCUT2D eigenvalue weighted by molar-refractivity contribution is 5.92. The van der Waals surface area contributed by atoms with Crippen LogP contribution < -0.4 is 10.5 Å². The van der Waals surface area contributed by atoms with Crippen LogP contribution in [0.25, 0.3) is 0 Å². The normalized spacial score (nSPS) is 33.1. The van der Waals surface area contributed by atoms with Crippen molar-refractivity contribution in [2.75, 3.05) is 5.73 Å². The van der Waals surface area contributed by atoms with Gasteiger partial charge in [0.1, 0.15) is 17.4 Å². The number of fused-ring (bicyclic) bond motifs is 2. The number of carboxylic acids is 1. The second kappa shape index (κ2) is 4.39. The van der Waals surface area contributed by atoms with Gasteiger partial charge in [-0.25, -0.2) is 4.79 Å². The van der Waals surface area contributed by atoms with Crippen molar-refractivity contribution in [3.05, 3.63) is 23.8 Å². The third kappa shape index (κ3) is 1.92. The average Bonchev–Trinajstić information content (AvgIpc) is 2.73. The maximum absolute atomic E-state index is 11.4. The molecule has 0 amide bonds. The van der Waals surface area contributed by atoms with Crippen molar-refractivity contribution in [1.29, 1.82) is 0 Å². The van der Waals surface area contributed by atoms with Crippen LogP contribution in [0.15, 0.2) is 18.2 Å². The van der Waals surface area contributed by atoms with Gasteiger partial charge in [-0.1, -0.05) is 20.8 Å². The summed E-state index contributed by atoms with van der Waals surface area (Å²) in [5, 5.41) is 9.33. The van der Waals surface area contributed by atoms with Gasteiger partial charge in [0.05, 0.1) is 0 Å². The van der Waals surface area contributed by atoms with Gasteiger partial charge in [-0.15, -0.1) is 0 Å². The molecule has 0 aromatic heterocycles. The van der Waals surface area contributed by atoms with Crippen LogP contribution in [0.1, 0.15) is 50.4 Å². The Bertz CT molecular complexity index is 596. The predicted octanol–water partition coefficient (Wildman–Crippen LogP) is 3.56. The largest absolute Gasteiger partial charge is 0.489 e. The fourth-order valence-corrected chi connectivity index (χ4v) is 4.28. The molecule has 0 aliphatic heterocycles. The van der Waals surface area contributed by atoms with E-state index in [9.17, 15) is 9.90 Å². The fourth-order valence-electron chi connectivity index (χ4n) is 4.28. The molecule has 3 N–H and O–H groups in total. The van der Waals surface area contributed by atoms with E-state index >= 15 is 0 Å². The SMILES string of the molecule is CC1(C)C2CCC1(C)C(Oc1ccc(N)cc1C(=O)O)C2. The molecule has 1 aromatic rings. The molecule has 4 nitrogen and oxygen atoms in total. The van der Waals surface area contributed by atoms with Crippen LogP contribution in [-0.2, 0) is 0 Å². The van der Waals surface area contributed by atoms with Gasteiger partial charge in [0.25, 0.3) is 0 Å². The minimum absolute atomic E-state index is 0.0768. The first-order chi connectivity index (χ1) is 9.75. The molecule has 2 bridgehead atoms. The Morgan fingerprint density at radius 1 is 1.38 bits per heavy atom. The van der Waals surface area contributed by atoms with Gasteiger partial charge in [0.2, 0.25) is 0 Å². The van der Waals surface area contributed by atoms with Gasteiger partial charge in [0.15, 0.2) is 0 Å². The Hall–Kier alpha value is -1.71.